The van der Waals surface area contributed by atoms with Gasteiger partial charge in [0.15, 0.2) is 0 Å². The quantitative estimate of drug-likeness (QED) is 0.290. The molecule has 1 aromatic heterocycles. The van der Waals surface area contributed by atoms with Crippen LogP contribution in [0.2, 0.25) is 10.2 Å². The van der Waals surface area contributed by atoms with Gasteiger partial charge in [0.1, 0.15) is 5.15 Å². The first-order chi connectivity index (χ1) is 13.3. The van der Waals surface area contributed by atoms with Crippen molar-refractivity contribution in [1.82, 2.24) is 10.4 Å². The molecule has 0 fully saturated rings. The van der Waals surface area contributed by atoms with Gasteiger partial charge in [-0.2, -0.15) is 5.10 Å². The van der Waals surface area contributed by atoms with E-state index in [9.17, 15) is 9.59 Å². The lowest BCUT2D eigenvalue weighted by atomic mass is 10.1. The number of halogens is 2. The molecule has 3 aromatic rings. The highest BCUT2D eigenvalue weighted by atomic mass is 35.5. The van der Waals surface area contributed by atoms with Crippen LogP contribution in [0.3, 0.4) is 0 Å². The number of aromatic nitrogens is 1. The number of aryl methyl sites for hydroxylation is 1. The monoisotopic (exact) mass is 414 g/mol. The Morgan fingerprint density at radius 3 is 2.64 bits per heavy atom. The molecule has 2 N–H and O–H groups in total. The average Bonchev–Trinajstić information content (AvgIpc) is 2.65. The van der Waals surface area contributed by atoms with Crippen LogP contribution in [0.4, 0.5) is 5.69 Å². The van der Waals surface area contributed by atoms with Crippen LogP contribution >= 0.6 is 23.2 Å². The van der Waals surface area contributed by atoms with E-state index in [1.807, 2.05) is 25.1 Å². The Hall–Kier alpha value is -2.96. The Morgan fingerprint density at radius 1 is 1.07 bits per heavy atom. The minimum absolute atomic E-state index is 0.245. The fourth-order valence-electron chi connectivity index (χ4n) is 2.49. The van der Waals surface area contributed by atoms with Crippen LogP contribution in [0.15, 0.2) is 47.6 Å². The number of benzene rings is 2. The van der Waals surface area contributed by atoms with Gasteiger partial charge in [-0.15, -0.1) is 0 Å². The first-order valence-electron chi connectivity index (χ1n) is 8.31. The molecule has 0 spiro atoms. The van der Waals surface area contributed by atoms with Crippen LogP contribution < -0.4 is 10.7 Å². The van der Waals surface area contributed by atoms with Gasteiger partial charge in [0.2, 0.25) is 0 Å². The van der Waals surface area contributed by atoms with Crippen molar-refractivity contribution in [3.63, 3.8) is 0 Å². The Balaban J connectivity index is 1.68. The SMILES string of the molecule is Cc1ccc2cc(C=NNC(=O)C(=O)Nc3cccc(Cl)c3C)c(Cl)nc2c1. The molecule has 0 atom stereocenters. The summed E-state index contributed by atoms with van der Waals surface area (Å²) < 4.78 is 0. The van der Waals surface area contributed by atoms with E-state index >= 15 is 0 Å². The first-order valence-corrected chi connectivity index (χ1v) is 9.07. The third-order valence-electron chi connectivity index (χ3n) is 4.05. The molecule has 142 valence electrons. The molecule has 0 unspecified atom stereocenters. The molecule has 1 heterocycles. The molecule has 0 aliphatic heterocycles. The number of rotatable bonds is 3. The van der Waals surface area contributed by atoms with Gasteiger partial charge < -0.3 is 5.32 Å². The number of anilines is 1. The zero-order chi connectivity index (χ0) is 20.3. The number of pyridine rings is 1. The number of carbonyl (C=O) groups is 2. The fraction of sp³-hybridized carbons (Fsp3) is 0.100. The van der Waals surface area contributed by atoms with Gasteiger partial charge in [0, 0.05) is 21.7 Å². The van der Waals surface area contributed by atoms with Crippen molar-refractivity contribution >= 4 is 57.8 Å². The summed E-state index contributed by atoms with van der Waals surface area (Å²) in [7, 11) is 0. The maximum absolute atomic E-state index is 12.0. The number of hydrogen-bond acceptors (Lipinski definition) is 4. The van der Waals surface area contributed by atoms with Crippen LogP contribution in [0.1, 0.15) is 16.7 Å². The van der Waals surface area contributed by atoms with E-state index in [0.717, 1.165) is 16.5 Å². The Labute approximate surface area is 171 Å². The topological polar surface area (TPSA) is 83.5 Å². The molecule has 0 saturated heterocycles. The number of hydrogen-bond donors (Lipinski definition) is 2. The van der Waals surface area contributed by atoms with Gasteiger partial charge in [-0.3, -0.25) is 9.59 Å². The minimum atomic E-state index is -0.920. The fourth-order valence-corrected chi connectivity index (χ4v) is 2.86. The molecule has 0 bridgehead atoms. The lowest BCUT2D eigenvalue weighted by Crippen LogP contribution is -2.32. The van der Waals surface area contributed by atoms with Crippen LogP contribution in [0.5, 0.6) is 0 Å². The lowest BCUT2D eigenvalue weighted by Gasteiger charge is -2.08. The van der Waals surface area contributed by atoms with Gasteiger partial charge in [-0.25, -0.2) is 10.4 Å². The predicted octanol–water partition coefficient (Wildman–Crippen LogP) is 4.25. The third-order valence-corrected chi connectivity index (χ3v) is 4.76. The van der Waals surface area contributed by atoms with Crippen LogP contribution in [-0.4, -0.2) is 23.0 Å². The van der Waals surface area contributed by atoms with Gasteiger partial charge >= 0.3 is 11.8 Å². The Morgan fingerprint density at radius 2 is 1.86 bits per heavy atom. The summed E-state index contributed by atoms with van der Waals surface area (Å²) in [6.07, 6.45) is 1.34. The van der Waals surface area contributed by atoms with Crippen molar-refractivity contribution in [2.45, 2.75) is 13.8 Å². The second kappa shape index (κ2) is 8.37. The van der Waals surface area contributed by atoms with Crippen molar-refractivity contribution in [3.8, 4) is 0 Å². The second-order valence-corrected chi connectivity index (χ2v) is 6.90. The summed E-state index contributed by atoms with van der Waals surface area (Å²) in [6, 6.07) is 12.6. The van der Waals surface area contributed by atoms with E-state index < -0.39 is 11.8 Å². The van der Waals surface area contributed by atoms with Crippen molar-refractivity contribution in [3.05, 3.63) is 69.3 Å². The number of amides is 2. The van der Waals surface area contributed by atoms with E-state index in [-0.39, 0.29) is 5.15 Å². The number of fused-ring (bicyclic) bond motifs is 1. The van der Waals surface area contributed by atoms with E-state index in [1.165, 1.54) is 6.21 Å². The standard InChI is InChI=1S/C20H16Cl2N4O2/c1-11-6-7-13-9-14(18(22)24-17(13)8-11)10-23-26-20(28)19(27)25-16-5-3-4-15(21)12(16)2/h3-10H,1-2H3,(H,25,27)(H,26,28). The smallest absolute Gasteiger partial charge is 0.317 e. The Bertz CT molecular complexity index is 1110. The normalized spacial score (nSPS) is 11.0. The number of nitrogens with one attached hydrogen (secondary N) is 2. The van der Waals surface area contributed by atoms with Gasteiger partial charge in [0.05, 0.1) is 11.7 Å². The van der Waals surface area contributed by atoms with Crippen molar-refractivity contribution in [2.75, 3.05) is 5.32 Å². The molecule has 3 rings (SSSR count). The molecule has 0 radical (unpaired) electrons. The van der Waals surface area contributed by atoms with Crippen LogP contribution in [0.25, 0.3) is 10.9 Å². The summed E-state index contributed by atoms with van der Waals surface area (Å²) >= 11 is 12.2. The molecule has 28 heavy (non-hydrogen) atoms. The lowest BCUT2D eigenvalue weighted by molar-refractivity contribution is -0.136. The molecule has 8 heteroatoms. The van der Waals surface area contributed by atoms with E-state index in [4.69, 9.17) is 23.2 Å². The average molecular weight is 415 g/mol. The predicted molar refractivity (Wildman–Crippen MR) is 112 cm³/mol. The van der Waals surface area contributed by atoms with Gasteiger partial charge in [0.25, 0.3) is 0 Å². The summed E-state index contributed by atoms with van der Waals surface area (Å²) in [5.74, 6) is -1.78. The highest BCUT2D eigenvalue weighted by Crippen LogP contribution is 2.23. The highest BCUT2D eigenvalue weighted by Gasteiger charge is 2.14. The van der Waals surface area contributed by atoms with Crippen molar-refractivity contribution in [2.24, 2.45) is 5.10 Å². The molecule has 0 saturated carbocycles. The van der Waals surface area contributed by atoms with Crippen LogP contribution in [0, 0.1) is 13.8 Å². The molecule has 0 aliphatic rings. The molecule has 2 amide bonds. The van der Waals surface area contributed by atoms with E-state index in [1.54, 1.807) is 31.2 Å². The first kappa shape index (κ1) is 19.8. The molecular formula is C20H16Cl2N4O2. The van der Waals surface area contributed by atoms with Gasteiger partial charge in [-0.05, 0) is 49.2 Å². The molecule has 2 aromatic carbocycles. The van der Waals surface area contributed by atoms with Crippen molar-refractivity contribution < 1.29 is 9.59 Å². The van der Waals surface area contributed by atoms with E-state index in [0.29, 0.717) is 21.8 Å². The molecule has 0 aliphatic carbocycles. The number of carbonyl (C=O) groups excluding carboxylic acids is 2. The highest BCUT2D eigenvalue weighted by molar-refractivity contribution is 6.40. The van der Waals surface area contributed by atoms with E-state index in [2.05, 4.69) is 20.8 Å². The summed E-state index contributed by atoms with van der Waals surface area (Å²) in [4.78, 5) is 28.3. The summed E-state index contributed by atoms with van der Waals surface area (Å²) in [5, 5.41) is 7.91. The van der Waals surface area contributed by atoms with Gasteiger partial charge in [-0.1, -0.05) is 41.4 Å². The zero-order valence-electron chi connectivity index (χ0n) is 15.1. The maximum atomic E-state index is 12.0. The zero-order valence-corrected chi connectivity index (χ0v) is 16.6. The largest absolute Gasteiger partial charge is 0.329 e. The third kappa shape index (κ3) is 4.47. The Kier molecular flexibility index (Phi) is 5.92. The van der Waals surface area contributed by atoms with Crippen LogP contribution in [-0.2, 0) is 9.59 Å². The number of nitrogens with zero attached hydrogens (tertiary/aromatic N) is 2. The second-order valence-electron chi connectivity index (χ2n) is 6.13. The summed E-state index contributed by atoms with van der Waals surface area (Å²) in [5.41, 5.74) is 5.64. The molecule has 6 nitrogen and oxygen atoms in total. The molecular weight excluding hydrogens is 399 g/mol. The van der Waals surface area contributed by atoms with Crippen molar-refractivity contribution in [1.29, 1.82) is 0 Å². The summed E-state index contributed by atoms with van der Waals surface area (Å²) in [6.45, 7) is 3.71. The minimum Gasteiger partial charge on any atom is -0.317 e. The number of hydrazone groups is 1. The maximum Gasteiger partial charge on any atom is 0.329 e.